The Labute approximate surface area is 93.2 Å². The molecule has 0 saturated carbocycles. The second-order valence-corrected chi connectivity index (χ2v) is 3.87. The minimum Gasteiger partial charge on any atom is -0.365 e. The maximum absolute atomic E-state index is 13.6. The van der Waals surface area contributed by atoms with Crippen LogP contribution in [0, 0.1) is 17.6 Å². The van der Waals surface area contributed by atoms with E-state index in [2.05, 4.69) is 0 Å². The normalized spacial score (nSPS) is 14.9. The van der Waals surface area contributed by atoms with Gasteiger partial charge < -0.3 is 4.74 Å². The van der Waals surface area contributed by atoms with Crippen LogP contribution in [0.1, 0.15) is 19.4 Å². The van der Waals surface area contributed by atoms with Crippen LogP contribution in [-0.4, -0.2) is 13.4 Å². The third-order valence-corrected chi connectivity index (χ3v) is 2.72. The van der Waals surface area contributed by atoms with Gasteiger partial charge >= 0.3 is 0 Å². The number of hydrogen-bond acceptors (Lipinski definition) is 2. The van der Waals surface area contributed by atoms with Gasteiger partial charge in [0.15, 0.2) is 11.9 Å². The van der Waals surface area contributed by atoms with Crippen LogP contribution in [0.15, 0.2) is 18.2 Å². The van der Waals surface area contributed by atoms with Crippen molar-refractivity contribution in [2.24, 2.45) is 5.92 Å². The Morgan fingerprint density at radius 1 is 1.31 bits per heavy atom. The molecule has 1 atom stereocenters. The molecule has 2 nitrogen and oxygen atoms in total. The van der Waals surface area contributed by atoms with Crippen LogP contribution in [0.3, 0.4) is 0 Å². The molecule has 1 rings (SSSR count). The van der Waals surface area contributed by atoms with E-state index in [0.29, 0.717) is 6.29 Å². The molecule has 16 heavy (non-hydrogen) atoms. The maximum Gasteiger partial charge on any atom is 0.156 e. The number of aldehydes is 1. The average molecular weight is 228 g/mol. The van der Waals surface area contributed by atoms with Crippen molar-refractivity contribution < 1.29 is 18.3 Å². The molecule has 0 unspecified atom stereocenters. The van der Waals surface area contributed by atoms with Crippen molar-refractivity contribution in [1.82, 2.24) is 0 Å². The SMILES string of the molecule is CO[C@](C=O)(c1c(F)cccc1F)C(C)C. The second kappa shape index (κ2) is 4.70. The molecule has 4 heteroatoms. The van der Waals surface area contributed by atoms with Crippen LogP contribution in [-0.2, 0) is 15.1 Å². The molecule has 0 fully saturated rings. The van der Waals surface area contributed by atoms with Crippen molar-refractivity contribution in [2.45, 2.75) is 19.4 Å². The van der Waals surface area contributed by atoms with Crippen LogP contribution < -0.4 is 0 Å². The van der Waals surface area contributed by atoms with E-state index in [1.54, 1.807) is 13.8 Å². The molecule has 0 spiro atoms. The van der Waals surface area contributed by atoms with Crippen molar-refractivity contribution in [3.8, 4) is 0 Å². The van der Waals surface area contributed by atoms with E-state index in [9.17, 15) is 13.6 Å². The molecule has 0 N–H and O–H groups in total. The Hall–Kier alpha value is -1.29. The van der Waals surface area contributed by atoms with Crippen LogP contribution in [0.4, 0.5) is 8.78 Å². The molecular weight excluding hydrogens is 214 g/mol. The Kier molecular flexibility index (Phi) is 3.75. The van der Waals surface area contributed by atoms with Gasteiger partial charge in [0.1, 0.15) is 11.6 Å². The molecular formula is C12H14F2O2. The van der Waals surface area contributed by atoms with Gasteiger partial charge in [0.2, 0.25) is 0 Å². The second-order valence-electron chi connectivity index (χ2n) is 3.87. The van der Waals surface area contributed by atoms with Crippen LogP contribution >= 0.6 is 0 Å². The topological polar surface area (TPSA) is 26.3 Å². The number of halogens is 2. The minimum absolute atomic E-state index is 0.331. The van der Waals surface area contributed by atoms with Gasteiger partial charge in [-0.05, 0) is 18.1 Å². The first-order valence-corrected chi connectivity index (χ1v) is 4.95. The van der Waals surface area contributed by atoms with Crippen molar-refractivity contribution in [3.63, 3.8) is 0 Å². The lowest BCUT2D eigenvalue weighted by molar-refractivity contribution is -0.135. The summed E-state index contributed by atoms with van der Waals surface area (Å²) in [5, 5.41) is 0. The lowest BCUT2D eigenvalue weighted by atomic mass is 9.83. The van der Waals surface area contributed by atoms with Gasteiger partial charge in [0, 0.05) is 7.11 Å². The summed E-state index contributed by atoms with van der Waals surface area (Å²) in [6.07, 6.45) is 0.444. The Balaban J connectivity index is 3.48. The average Bonchev–Trinajstić information content (AvgIpc) is 2.23. The number of carbonyl (C=O) groups is 1. The van der Waals surface area contributed by atoms with E-state index in [-0.39, 0.29) is 11.5 Å². The Morgan fingerprint density at radius 2 is 1.81 bits per heavy atom. The molecule has 0 aliphatic heterocycles. The van der Waals surface area contributed by atoms with Crippen molar-refractivity contribution >= 4 is 6.29 Å². The number of hydrogen-bond donors (Lipinski definition) is 0. The first-order valence-electron chi connectivity index (χ1n) is 4.95. The number of carbonyl (C=O) groups excluding carboxylic acids is 1. The summed E-state index contributed by atoms with van der Waals surface area (Å²) < 4.78 is 32.2. The number of benzene rings is 1. The monoisotopic (exact) mass is 228 g/mol. The molecule has 1 aromatic carbocycles. The zero-order chi connectivity index (χ0) is 12.3. The van der Waals surface area contributed by atoms with E-state index in [1.165, 1.54) is 13.2 Å². The lowest BCUT2D eigenvalue weighted by Gasteiger charge is -2.31. The first-order chi connectivity index (χ1) is 7.49. The molecule has 0 aromatic heterocycles. The van der Waals surface area contributed by atoms with Gasteiger partial charge in [0.05, 0.1) is 5.56 Å². The summed E-state index contributed by atoms with van der Waals surface area (Å²) in [4.78, 5) is 11.1. The largest absolute Gasteiger partial charge is 0.365 e. The smallest absolute Gasteiger partial charge is 0.156 e. The molecule has 0 heterocycles. The molecule has 88 valence electrons. The highest BCUT2D eigenvalue weighted by Crippen LogP contribution is 2.34. The molecule has 0 radical (unpaired) electrons. The summed E-state index contributed by atoms with van der Waals surface area (Å²) in [7, 11) is 1.26. The van der Waals surface area contributed by atoms with Gasteiger partial charge in [0.25, 0.3) is 0 Å². The quantitative estimate of drug-likeness (QED) is 0.740. The van der Waals surface area contributed by atoms with Gasteiger partial charge in [-0.1, -0.05) is 19.9 Å². The van der Waals surface area contributed by atoms with Gasteiger partial charge in [-0.3, -0.25) is 4.79 Å². The number of ether oxygens (including phenoxy) is 1. The van der Waals surface area contributed by atoms with E-state index >= 15 is 0 Å². The fourth-order valence-electron chi connectivity index (χ4n) is 1.74. The summed E-state index contributed by atoms with van der Waals surface area (Å²) in [5.74, 6) is -1.92. The van der Waals surface area contributed by atoms with Crippen molar-refractivity contribution in [3.05, 3.63) is 35.4 Å². The lowest BCUT2D eigenvalue weighted by Crippen LogP contribution is -2.38. The Bertz CT molecular complexity index is 370. The van der Waals surface area contributed by atoms with Crippen LogP contribution in [0.5, 0.6) is 0 Å². The van der Waals surface area contributed by atoms with Crippen LogP contribution in [0.25, 0.3) is 0 Å². The highest BCUT2D eigenvalue weighted by molar-refractivity contribution is 5.67. The molecule has 0 aliphatic rings. The standard InChI is InChI=1S/C12H14F2O2/c1-8(2)12(7-15,16-3)11-9(13)5-4-6-10(11)14/h4-8H,1-3H3/t12-/m0/s1. The third kappa shape index (κ3) is 1.85. The molecule has 1 aromatic rings. The number of rotatable bonds is 4. The van der Waals surface area contributed by atoms with Gasteiger partial charge in [-0.25, -0.2) is 8.78 Å². The zero-order valence-corrected chi connectivity index (χ0v) is 9.46. The fourth-order valence-corrected chi connectivity index (χ4v) is 1.74. The van der Waals surface area contributed by atoms with Gasteiger partial charge in [-0.15, -0.1) is 0 Å². The predicted molar refractivity (Wildman–Crippen MR) is 55.9 cm³/mol. The highest BCUT2D eigenvalue weighted by atomic mass is 19.1. The van der Waals surface area contributed by atoms with E-state index in [0.717, 1.165) is 12.1 Å². The van der Waals surface area contributed by atoms with Crippen molar-refractivity contribution in [1.29, 1.82) is 0 Å². The van der Waals surface area contributed by atoms with Crippen LogP contribution in [0.2, 0.25) is 0 Å². The minimum atomic E-state index is -1.57. The summed E-state index contributed by atoms with van der Waals surface area (Å²) >= 11 is 0. The van der Waals surface area contributed by atoms with E-state index in [4.69, 9.17) is 4.74 Å². The Morgan fingerprint density at radius 3 is 2.12 bits per heavy atom. The van der Waals surface area contributed by atoms with E-state index < -0.39 is 17.2 Å². The summed E-state index contributed by atoms with van der Waals surface area (Å²) in [6, 6.07) is 3.47. The maximum atomic E-state index is 13.6. The predicted octanol–water partition coefficient (Wildman–Crippen LogP) is 2.66. The first kappa shape index (κ1) is 12.8. The molecule has 0 aliphatic carbocycles. The molecule has 0 amide bonds. The zero-order valence-electron chi connectivity index (χ0n) is 9.46. The summed E-state index contributed by atoms with van der Waals surface area (Å²) in [6.45, 7) is 3.34. The fraction of sp³-hybridized carbons (Fsp3) is 0.417. The molecule has 0 bridgehead atoms. The van der Waals surface area contributed by atoms with E-state index in [1.807, 2.05) is 0 Å². The van der Waals surface area contributed by atoms with Crippen molar-refractivity contribution in [2.75, 3.05) is 7.11 Å². The molecule has 0 saturated heterocycles. The third-order valence-electron chi connectivity index (χ3n) is 2.72. The number of methoxy groups -OCH3 is 1. The highest BCUT2D eigenvalue weighted by Gasteiger charge is 2.40. The summed E-state index contributed by atoms with van der Waals surface area (Å²) in [5.41, 5.74) is -1.90. The van der Waals surface area contributed by atoms with Gasteiger partial charge in [-0.2, -0.15) is 0 Å².